The number of rotatable bonds is 14. The molecule has 10 heteroatoms. The molecular formula is C38H36N2O6S2. The number of carbonyl (C=O) groups excluding carboxylic acids is 2. The molecule has 2 N–H and O–H groups in total. The Kier molecular flexibility index (Phi) is 11.0. The molecule has 0 amide bonds. The summed E-state index contributed by atoms with van der Waals surface area (Å²) >= 11 is 3.28. The van der Waals surface area contributed by atoms with Crippen molar-refractivity contribution in [2.75, 3.05) is 14.1 Å². The van der Waals surface area contributed by atoms with Crippen molar-refractivity contribution in [3.8, 4) is 11.5 Å². The first-order valence-electron chi connectivity index (χ1n) is 15.6. The summed E-state index contributed by atoms with van der Waals surface area (Å²) in [6.45, 7) is 0. The molecule has 0 aliphatic carbocycles. The first kappa shape index (κ1) is 33.2. The molecule has 0 aliphatic heterocycles. The van der Waals surface area contributed by atoms with E-state index in [9.17, 15) is 9.59 Å². The third kappa shape index (κ3) is 8.03. The van der Waals surface area contributed by atoms with E-state index < -0.39 is 36.6 Å². The van der Waals surface area contributed by atoms with Gasteiger partial charge in [0.1, 0.15) is 23.7 Å². The molecule has 48 heavy (non-hydrogen) atoms. The summed E-state index contributed by atoms with van der Waals surface area (Å²) in [6.07, 6.45) is -2.13. The van der Waals surface area contributed by atoms with Gasteiger partial charge in [-0.2, -0.15) is 0 Å². The molecule has 0 fully saturated rings. The minimum atomic E-state index is -1.11. The first-order valence-corrected chi connectivity index (χ1v) is 17.4. The van der Waals surface area contributed by atoms with Gasteiger partial charge in [0.25, 0.3) is 0 Å². The van der Waals surface area contributed by atoms with Gasteiger partial charge in [0.2, 0.25) is 0 Å². The van der Waals surface area contributed by atoms with Crippen LogP contribution in [0.1, 0.15) is 36.2 Å². The molecule has 2 aromatic heterocycles. The molecule has 0 bridgehead atoms. The second-order valence-corrected chi connectivity index (χ2v) is 12.9. The predicted octanol–water partition coefficient (Wildman–Crippen LogP) is 8.01. The highest BCUT2D eigenvalue weighted by Crippen LogP contribution is 2.36. The molecule has 2 unspecified atom stereocenters. The largest absolute Gasteiger partial charge is 0.485 e. The lowest BCUT2D eigenvalue weighted by molar-refractivity contribution is -0.177. The number of ether oxygens (including phenoxy) is 4. The number of fused-ring (bicyclic) bond motifs is 2. The van der Waals surface area contributed by atoms with Crippen LogP contribution in [0.15, 0.2) is 120 Å². The summed E-state index contributed by atoms with van der Waals surface area (Å²) in [7, 11) is 3.33. The molecule has 8 nitrogen and oxygen atoms in total. The molecule has 0 radical (unpaired) electrons. The fourth-order valence-corrected chi connectivity index (χ4v) is 7.08. The van der Waals surface area contributed by atoms with Crippen LogP contribution in [-0.4, -0.2) is 38.5 Å². The number of carbonyl (C=O) groups is 2. The molecular weight excluding hydrogens is 645 g/mol. The van der Waals surface area contributed by atoms with E-state index in [2.05, 4.69) is 10.6 Å². The van der Waals surface area contributed by atoms with Crippen LogP contribution in [0.3, 0.4) is 0 Å². The summed E-state index contributed by atoms with van der Waals surface area (Å²) in [5.41, 5.74) is 1.81. The van der Waals surface area contributed by atoms with Crippen LogP contribution in [0, 0.1) is 0 Å². The van der Waals surface area contributed by atoms with Crippen molar-refractivity contribution in [1.82, 2.24) is 10.6 Å². The standard InChI is InChI=1S/C38H36N2O6S2/c1-39-35(23-31(25-11-5-3-6-12-25)43-29-15-9-17-33-27(29)19-21-47-33)45-37(41)38(42)46-36(40-2)24-32(26-13-7-4-8-14-26)44-30-16-10-18-34-28(30)20-22-48-34/h3-22,31-32,35-36,39-40H,23-24H2,1-2H3/t31-,32-,35?,36?/m0/s1. The van der Waals surface area contributed by atoms with Crippen LogP contribution in [0.2, 0.25) is 0 Å². The Bertz CT molecular complexity index is 1800. The highest BCUT2D eigenvalue weighted by molar-refractivity contribution is 7.17. The van der Waals surface area contributed by atoms with Gasteiger partial charge < -0.3 is 18.9 Å². The summed E-state index contributed by atoms with van der Waals surface area (Å²) in [4.78, 5) is 26.2. The average Bonchev–Trinajstić information content (AvgIpc) is 3.82. The fourth-order valence-electron chi connectivity index (χ4n) is 5.48. The lowest BCUT2D eigenvalue weighted by Crippen LogP contribution is -2.40. The van der Waals surface area contributed by atoms with E-state index in [1.807, 2.05) is 120 Å². The number of hydrogen-bond acceptors (Lipinski definition) is 10. The summed E-state index contributed by atoms with van der Waals surface area (Å²) in [6, 6.07) is 35.3. The molecule has 0 aliphatic rings. The van der Waals surface area contributed by atoms with E-state index in [0.29, 0.717) is 0 Å². The van der Waals surface area contributed by atoms with Gasteiger partial charge in [0, 0.05) is 33.0 Å². The number of benzene rings is 4. The Balaban J connectivity index is 1.13. The maximum Gasteiger partial charge on any atom is 0.419 e. The molecule has 4 aromatic carbocycles. The molecule has 246 valence electrons. The van der Waals surface area contributed by atoms with Gasteiger partial charge in [0.05, 0.1) is 0 Å². The number of hydrogen-bond donors (Lipinski definition) is 2. The van der Waals surface area contributed by atoms with Crippen molar-refractivity contribution < 1.29 is 28.5 Å². The Morgan fingerprint density at radius 3 is 1.38 bits per heavy atom. The van der Waals surface area contributed by atoms with E-state index in [0.717, 1.165) is 42.8 Å². The van der Waals surface area contributed by atoms with Crippen LogP contribution in [0.4, 0.5) is 0 Å². The second kappa shape index (κ2) is 15.9. The molecule has 6 aromatic rings. The SMILES string of the molecule is CNC(C[C@H](Oc1cccc2sccc12)c1ccccc1)OC(=O)C(=O)OC(C[C@H](Oc1cccc2sccc12)c1ccccc1)NC. The Labute approximate surface area is 287 Å². The molecule has 0 saturated carbocycles. The van der Waals surface area contributed by atoms with Crippen LogP contribution in [-0.2, 0) is 19.1 Å². The maximum absolute atomic E-state index is 13.1. The Morgan fingerprint density at radius 1 is 0.562 bits per heavy atom. The number of esters is 2. The molecule has 0 spiro atoms. The third-order valence-electron chi connectivity index (χ3n) is 7.96. The van der Waals surface area contributed by atoms with Crippen molar-refractivity contribution in [2.24, 2.45) is 0 Å². The topological polar surface area (TPSA) is 95.1 Å². The van der Waals surface area contributed by atoms with Crippen LogP contribution in [0.5, 0.6) is 11.5 Å². The van der Waals surface area contributed by atoms with E-state index in [1.54, 1.807) is 36.8 Å². The number of thiophene rings is 2. The average molecular weight is 681 g/mol. The van der Waals surface area contributed by atoms with Crippen molar-refractivity contribution in [1.29, 1.82) is 0 Å². The van der Waals surface area contributed by atoms with Gasteiger partial charge in [0.15, 0.2) is 12.5 Å². The lowest BCUT2D eigenvalue weighted by atomic mass is 10.1. The van der Waals surface area contributed by atoms with Crippen molar-refractivity contribution in [2.45, 2.75) is 37.5 Å². The highest BCUT2D eigenvalue weighted by Gasteiger charge is 2.30. The fraction of sp³-hybridized carbons (Fsp3) is 0.211. The van der Waals surface area contributed by atoms with Crippen molar-refractivity contribution in [3.05, 3.63) is 131 Å². The van der Waals surface area contributed by atoms with Gasteiger partial charge in [-0.15, -0.1) is 22.7 Å². The quantitative estimate of drug-likeness (QED) is 0.0679. The van der Waals surface area contributed by atoms with Crippen LogP contribution < -0.4 is 20.1 Å². The monoisotopic (exact) mass is 680 g/mol. The minimum Gasteiger partial charge on any atom is -0.485 e. The summed E-state index contributed by atoms with van der Waals surface area (Å²) in [5.74, 6) is -0.765. The molecule has 4 atom stereocenters. The Morgan fingerprint density at radius 2 is 0.979 bits per heavy atom. The van der Waals surface area contributed by atoms with Gasteiger partial charge in [-0.1, -0.05) is 72.8 Å². The normalized spacial score (nSPS) is 13.8. The van der Waals surface area contributed by atoms with E-state index in [4.69, 9.17) is 18.9 Å². The minimum absolute atomic E-state index is 0.244. The summed E-state index contributed by atoms with van der Waals surface area (Å²) in [5, 5.41) is 12.1. The molecule has 6 rings (SSSR count). The van der Waals surface area contributed by atoms with Gasteiger partial charge in [-0.25, -0.2) is 9.59 Å². The van der Waals surface area contributed by atoms with Crippen molar-refractivity contribution in [3.63, 3.8) is 0 Å². The smallest absolute Gasteiger partial charge is 0.419 e. The zero-order valence-electron chi connectivity index (χ0n) is 26.5. The highest BCUT2D eigenvalue weighted by atomic mass is 32.1. The predicted molar refractivity (Wildman–Crippen MR) is 190 cm³/mol. The summed E-state index contributed by atoms with van der Waals surface area (Å²) < 4.78 is 26.5. The molecule has 0 saturated heterocycles. The second-order valence-electron chi connectivity index (χ2n) is 11.0. The number of nitrogens with one attached hydrogen (secondary N) is 2. The lowest BCUT2D eigenvalue weighted by Gasteiger charge is -2.26. The van der Waals surface area contributed by atoms with E-state index in [-0.39, 0.29) is 12.8 Å². The zero-order valence-corrected chi connectivity index (χ0v) is 28.2. The molecule has 2 heterocycles. The first-order chi connectivity index (χ1) is 23.5. The van der Waals surface area contributed by atoms with Gasteiger partial charge in [-0.3, -0.25) is 10.6 Å². The Hall–Kier alpha value is -4.74. The van der Waals surface area contributed by atoms with Gasteiger partial charge >= 0.3 is 11.9 Å². The van der Waals surface area contributed by atoms with Crippen LogP contribution in [0.25, 0.3) is 20.2 Å². The maximum atomic E-state index is 13.1. The van der Waals surface area contributed by atoms with E-state index in [1.165, 1.54) is 0 Å². The zero-order chi connectivity index (χ0) is 33.3. The van der Waals surface area contributed by atoms with E-state index >= 15 is 0 Å². The van der Waals surface area contributed by atoms with Gasteiger partial charge in [-0.05, 0) is 72.4 Å². The third-order valence-corrected chi connectivity index (χ3v) is 9.72. The van der Waals surface area contributed by atoms with Crippen LogP contribution >= 0.6 is 22.7 Å². The van der Waals surface area contributed by atoms with Crippen molar-refractivity contribution >= 4 is 54.8 Å².